The number of thioether (sulfide) groups is 1. The van der Waals surface area contributed by atoms with E-state index in [2.05, 4.69) is 29.6 Å². The minimum absolute atomic E-state index is 0.125. The van der Waals surface area contributed by atoms with Gasteiger partial charge >= 0.3 is 0 Å². The quantitative estimate of drug-likeness (QED) is 0.441. The molecule has 1 atom stereocenters. The van der Waals surface area contributed by atoms with Gasteiger partial charge in [0.15, 0.2) is 6.10 Å². The summed E-state index contributed by atoms with van der Waals surface area (Å²) in [5.41, 5.74) is 4.15. The van der Waals surface area contributed by atoms with Crippen molar-refractivity contribution in [2.75, 3.05) is 5.32 Å². The van der Waals surface area contributed by atoms with Gasteiger partial charge in [-0.25, -0.2) is 0 Å². The van der Waals surface area contributed by atoms with Gasteiger partial charge in [0.1, 0.15) is 5.75 Å². The predicted octanol–water partition coefficient (Wildman–Crippen LogP) is 6.39. The Balaban J connectivity index is 1.58. The number of hydrogen-bond donors (Lipinski definition) is 1. The van der Waals surface area contributed by atoms with Gasteiger partial charge in [-0.05, 0) is 67.3 Å². The van der Waals surface area contributed by atoms with E-state index in [1.165, 1.54) is 10.5 Å². The molecule has 1 amide bonds. The third kappa shape index (κ3) is 6.13. The first-order valence-electron chi connectivity index (χ1n) is 9.86. The molecule has 0 aliphatic rings. The summed E-state index contributed by atoms with van der Waals surface area (Å²) >= 11 is 1.80. The molecule has 4 heteroatoms. The fraction of sp³-hybridized carbons (Fsp3) is 0.240. The molecule has 0 aliphatic carbocycles. The van der Waals surface area contributed by atoms with Gasteiger partial charge in [-0.1, -0.05) is 49.4 Å². The normalized spacial score (nSPS) is 11.7. The van der Waals surface area contributed by atoms with E-state index < -0.39 is 6.10 Å². The van der Waals surface area contributed by atoms with Crippen molar-refractivity contribution in [2.24, 2.45) is 0 Å². The first kappa shape index (κ1) is 21.0. The lowest BCUT2D eigenvalue weighted by molar-refractivity contribution is -0.122. The lowest BCUT2D eigenvalue weighted by Gasteiger charge is -2.19. The summed E-state index contributed by atoms with van der Waals surface area (Å²) in [6, 6.07) is 24.4. The van der Waals surface area contributed by atoms with Crippen molar-refractivity contribution in [1.82, 2.24) is 0 Å². The Labute approximate surface area is 177 Å². The summed E-state index contributed by atoms with van der Waals surface area (Å²) in [4.78, 5) is 13.9. The molecule has 29 heavy (non-hydrogen) atoms. The maximum absolute atomic E-state index is 12.7. The van der Waals surface area contributed by atoms with Gasteiger partial charge in [0.25, 0.3) is 5.91 Å². The zero-order chi connectivity index (χ0) is 20.6. The number of hydrogen-bond acceptors (Lipinski definition) is 3. The van der Waals surface area contributed by atoms with Crippen molar-refractivity contribution >= 4 is 23.4 Å². The molecule has 0 unspecified atom stereocenters. The summed E-state index contributed by atoms with van der Waals surface area (Å²) in [5.74, 6) is 1.53. The van der Waals surface area contributed by atoms with Crippen molar-refractivity contribution in [1.29, 1.82) is 0 Å². The highest BCUT2D eigenvalue weighted by Gasteiger charge is 2.19. The Bertz CT molecular complexity index is 939. The maximum atomic E-state index is 12.7. The maximum Gasteiger partial charge on any atom is 0.265 e. The molecule has 0 radical (unpaired) electrons. The first-order valence-corrected chi connectivity index (χ1v) is 10.9. The molecule has 0 aliphatic heterocycles. The van der Waals surface area contributed by atoms with Crippen LogP contribution in [-0.2, 0) is 10.5 Å². The topological polar surface area (TPSA) is 38.3 Å². The molecule has 0 saturated carbocycles. The number of ether oxygens (including phenoxy) is 1. The van der Waals surface area contributed by atoms with Crippen LogP contribution < -0.4 is 10.1 Å². The van der Waals surface area contributed by atoms with Crippen LogP contribution in [0.4, 0.5) is 5.69 Å². The Kier molecular flexibility index (Phi) is 7.36. The molecule has 0 bridgehead atoms. The third-order valence-electron chi connectivity index (χ3n) is 4.65. The van der Waals surface area contributed by atoms with Crippen molar-refractivity contribution in [3.8, 4) is 5.75 Å². The van der Waals surface area contributed by atoms with E-state index in [1.54, 1.807) is 11.8 Å². The summed E-state index contributed by atoms with van der Waals surface area (Å²) in [7, 11) is 0. The van der Waals surface area contributed by atoms with Crippen LogP contribution in [0.2, 0.25) is 0 Å². The van der Waals surface area contributed by atoms with E-state index in [-0.39, 0.29) is 5.91 Å². The monoisotopic (exact) mass is 405 g/mol. The number of amides is 1. The molecule has 3 rings (SSSR count). The summed E-state index contributed by atoms with van der Waals surface area (Å²) < 4.78 is 6.01. The number of rotatable bonds is 8. The summed E-state index contributed by atoms with van der Waals surface area (Å²) in [5, 5.41) is 2.98. The number of nitrogens with one attached hydrogen (secondary N) is 1. The van der Waals surface area contributed by atoms with Gasteiger partial charge in [0.05, 0.1) is 0 Å². The molecular formula is C25H27NO2S. The molecule has 0 fully saturated rings. The minimum Gasteiger partial charge on any atom is -0.480 e. The van der Waals surface area contributed by atoms with E-state index in [1.807, 2.05) is 69.3 Å². The lowest BCUT2D eigenvalue weighted by Crippen LogP contribution is -2.32. The van der Waals surface area contributed by atoms with Gasteiger partial charge in [0.2, 0.25) is 0 Å². The van der Waals surface area contributed by atoms with Crippen molar-refractivity contribution in [3.63, 3.8) is 0 Å². The van der Waals surface area contributed by atoms with E-state index >= 15 is 0 Å². The highest BCUT2D eigenvalue weighted by atomic mass is 32.2. The molecule has 0 aromatic heterocycles. The second kappa shape index (κ2) is 10.2. The van der Waals surface area contributed by atoms with Gasteiger partial charge in [-0.15, -0.1) is 11.8 Å². The number of aryl methyl sites for hydroxylation is 2. The Hall–Kier alpha value is -2.72. The van der Waals surface area contributed by atoms with Gasteiger partial charge in [-0.2, -0.15) is 0 Å². The molecule has 3 nitrogen and oxygen atoms in total. The molecular weight excluding hydrogens is 378 g/mol. The Morgan fingerprint density at radius 2 is 1.72 bits per heavy atom. The number of carbonyl (C=O) groups is 1. The number of carbonyl (C=O) groups excluding carboxylic acids is 1. The van der Waals surface area contributed by atoms with Crippen LogP contribution in [0, 0.1) is 13.8 Å². The molecule has 1 N–H and O–H groups in total. The summed E-state index contributed by atoms with van der Waals surface area (Å²) in [6.07, 6.45) is 0.0779. The smallest absolute Gasteiger partial charge is 0.265 e. The van der Waals surface area contributed by atoms with E-state index in [4.69, 9.17) is 4.74 Å². The average Bonchev–Trinajstić information content (AvgIpc) is 2.74. The van der Waals surface area contributed by atoms with Gasteiger partial charge in [0, 0.05) is 16.3 Å². The Morgan fingerprint density at radius 3 is 2.41 bits per heavy atom. The minimum atomic E-state index is -0.524. The van der Waals surface area contributed by atoms with E-state index in [9.17, 15) is 4.79 Å². The zero-order valence-corrected chi connectivity index (χ0v) is 18.0. The van der Waals surface area contributed by atoms with Crippen LogP contribution in [0.1, 0.15) is 30.0 Å². The largest absolute Gasteiger partial charge is 0.480 e. The van der Waals surface area contributed by atoms with Crippen molar-refractivity contribution in [3.05, 3.63) is 89.5 Å². The van der Waals surface area contributed by atoms with Crippen LogP contribution in [0.5, 0.6) is 5.75 Å². The first-order chi connectivity index (χ1) is 14.0. The number of benzene rings is 3. The summed E-state index contributed by atoms with van der Waals surface area (Å²) in [6.45, 7) is 5.97. The van der Waals surface area contributed by atoms with Crippen LogP contribution in [0.25, 0.3) is 0 Å². The zero-order valence-electron chi connectivity index (χ0n) is 17.1. The lowest BCUT2D eigenvalue weighted by atomic mass is 10.1. The second-order valence-electron chi connectivity index (χ2n) is 7.07. The predicted molar refractivity (Wildman–Crippen MR) is 122 cm³/mol. The second-order valence-corrected chi connectivity index (χ2v) is 8.12. The van der Waals surface area contributed by atoms with Crippen LogP contribution in [0.3, 0.4) is 0 Å². The van der Waals surface area contributed by atoms with Gasteiger partial charge < -0.3 is 10.1 Å². The standard InChI is InChI=1S/C25H27NO2S/c1-4-23(28-24-16-18(2)10-11-19(24)3)25(27)26-21-14-12-20(13-15-21)17-29-22-8-6-5-7-9-22/h5-16,23H,4,17H2,1-3H3,(H,26,27)/t23-/m1/s1. The van der Waals surface area contributed by atoms with E-state index in [0.29, 0.717) is 6.42 Å². The molecule has 0 spiro atoms. The van der Waals surface area contributed by atoms with Crippen molar-refractivity contribution in [2.45, 2.75) is 43.9 Å². The van der Waals surface area contributed by atoms with Crippen LogP contribution in [0.15, 0.2) is 77.7 Å². The number of anilines is 1. The van der Waals surface area contributed by atoms with Crippen molar-refractivity contribution < 1.29 is 9.53 Å². The molecule has 3 aromatic rings. The third-order valence-corrected chi connectivity index (χ3v) is 5.73. The van der Waals surface area contributed by atoms with Crippen LogP contribution in [-0.4, -0.2) is 12.0 Å². The van der Waals surface area contributed by atoms with Gasteiger partial charge in [-0.3, -0.25) is 4.79 Å². The highest BCUT2D eigenvalue weighted by molar-refractivity contribution is 7.98. The van der Waals surface area contributed by atoms with E-state index in [0.717, 1.165) is 28.3 Å². The van der Waals surface area contributed by atoms with Crippen LogP contribution >= 0.6 is 11.8 Å². The molecule has 3 aromatic carbocycles. The Morgan fingerprint density at radius 1 is 1.00 bits per heavy atom. The highest BCUT2D eigenvalue weighted by Crippen LogP contribution is 2.24. The molecule has 0 heterocycles. The average molecular weight is 406 g/mol. The molecule has 0 saturated heterocycles. The fourth-order valence-corrected chi connectivity index (χ4v) is 3.78. The SMILES string of the molecule is CC[C@@H](Oc1cc(C)ccc1C)C(=O)Nc1ccc(CSc2ccccc2)cc1. The molecule has 150 valence electrons. The fourth-order valence-electron chi connectivity index (χ4n) is 2.90.